The minimum absolute atomic E-state index is 0.332. The van der Waals surface area contributed by atoms with Gasteiger partial charge in [-0.2, -0.15) is 0 Å². The number of furan rings is 1. The summed E-state index contributed by atoms with van der Waals surface area (Å²) >= 11 is 0. The van der Waals surface area contributed by atoms with E-state index in [1.54, 1.807) is 19.1 Å². The van der Waals surface area contributed by atoms with Gasteiger partial charge in [-0.25, -0.2) is 4.39 Å². The molecule has 1 aromatic carbocycles. The second-order valence-electron chi connectivity index (χ2n) is 2.68. The Morgan fingerprint density at radius 2 is 2.17 bits per heavy atom. The summed E-state index contributed by atoms with van der Waals surface area (Å²) in [6, 6.07) is 4.66. The van der Waals surface area contributed by atoms with Crippen LogP contribution in [0.1, 0.15) is 5.76 Å². The molecule has 0 fully saturated rings. The van der Waals surface area contributed by atoms with Crippen molar-refractivity contribution in [3.8, 4) is 0 Å². The lowest BCUT2D eigenvalue weighted by molar-refractivity contribution is 0.578. The number of fused-ring (bicyclic) bond motifs is 1. The Morgan fingerprint density at radius 1 is 1.42 bits per heavy atom. The first-order valence-corrected chi connectivity index (χ1v) is 3.63. The Hall–Kier alpha value is -1.51. The maximum absolute atomic E-state index is 13.1. The smallest absolute Gasteiger partial charge is 0.139 e. The van der Waals surface area contributed by atoms with Crippen molar-refractivity contribution in [2.75, 3.05) is 5.73 Å². The number of nitrogen functional groups attached to an aromatic ring is 1. The van der Waals surface area contributed by atoms with Crippen molar-refractivity contribution in [3.05, 3.63) is 29.8 Å². The van der Waals surface area contributed by atoms with Crippen molar-refractivity contribution in [2.45, 2.75) is 6.92 Å². The van der Waals surface area contributed by atoms with Crippen molar-refractivity contribution in [2.24, 2.45) is 0 Å². The van der Waals surface area contributed by atoms with Crippen molar-refractivity contribution in [1.29, 1.82) is 0 Å². The van der Waals surface area contributed by atoms with Gasteiger partial charge >= 0.3 is 0 Å². The number of halogens is 1. The van der Waals surface area contributed by atoms with Gasteiger partial charge in [-0.05, 0) is 19.1 Å². The summed E-state index contributed by atoms with van der Waals surface area (Å²) in [5, 5.41) is 0.384. The largest absolute Gasteiger partial charge is 0.459 e. The minimum Gasteiger partial charge on any atom is -0.459 e. The average molecular weight is 165 g/mol. The van der Waals surface area contributed by atoms with E-state index in [2.05, 4.69) is 0 Å². The SMILES string of the molecule is Cc1oc2cccc(F)c2c1N. The molecule has 62 valence electrons. The molecule has 0 unspecified atom stereocenters. The van der Waals surface area contributed by atoms with Gasteiger partial charge in [0, 0.05) is 0 Å². The second kappa shape index (κ2) is 2.24. The average Bonchev–Trinajstić information content (AvgIpc) is 2.29. The number of rotatable bonds is 0. The van der Waals surface area contributed by atoms with E-state index >= 15 is 0 Å². The standard InChI is InChI=1S/C9H8FNO/c1-5-9(11)8-6(10)3-2-4-7(8)12-5/h2-4H,11H2,1H3. The van der Waals surface area contributed by atoms with Crippen molar-refractivity contribution in [3.63, 3.8) is 0 Å². The third-order valence-corrected chi connectivity index (χ3v) is 1.89. The normalized spacial score (nSPS) is 10.8. The predicted molar refractivity (Wildman–Crippen MR) is 45.3 cm³/mol. The number of hydrogen-bond acceptors (Lipinski definition) is 2. The van der Waals surface area contributed by atoms with Crippen molar-refractivity contribution < 1.29 is 8.81 Å². The van der Waals surface area contributed by atoms with Crippen LogP contribution in [-0.4, -0.2) is 0 Å². The van der Waals surface area contributed by atoms with E-state index in [4.69, 9.17) is 10.2 Å². The van der Waals surface area contributed by atoms with Crippen molar-refractivity contribution in [1.82, 2.24) is 0 Å². The Kier molecular flexibility index (Phi) is 1.33. The van der Waals surface area contributed by atoms with E-state index in [-0.39, 0.29) is 5.82 Å². The monoisotopic (exact) mass is 165 g/mol. The van der Waals surface area contributed by atoms with Crippen molar-refractivity contribution >= 4 is 16.7 Å². The molecule has 0 radical (unpaired) electrons. The summed E-state index contributed by atoms with van der Waals surface area (Å²) in [5.41, 5.74) is 6.50. The number of anilines is 1. The van der Waals surface area contributed by atoms with Crippen LogP contribution in [0.4, 0.5) is 10.1 Å². The van der Waals surface area contributed by atoms with Crippen LogP contribution in [0.2, 0.25) is 0 Å². The Labute approximate surface area is 68.8 Å². The fourth-order valence-corrected chi connectivity index (χ4v) is 1.25. The van der Waals surface area contributed by atoms with Gasteiger partial charge in [-0.15, -0.1) is 0 Å². The van der Waals surface area contributed by atoms with Gasteiger partial charge in [0.15, 0.2) is 0 Å². The van der Waals surface area contributed by atoms with Gasteiger partial charge in [0.05, 0.1) is 11.1 Å². The van der Waals surface area contributed by atoms with E-state index in [0.29, 0.717) is 22.4 Å². The molecule has 12 heavy (non-hydrogen) atoms. The lowest BCUT2D eigenvalue weighted by atomic mass is 10.2. The quantitative estimate of drug-likeness (QED) is 0.651. The van der Waals surface area contributed by atoms with Gasteiger partial charge in [0.25, 0.3) is 0 Å². The zero-order chi connectivity index (χ0) is 8.72. The molecule has 2 nitrogen and oxygen atoms in total. The summed E-state index contributed by atoms with van der Waals surface area (Å²) in [5.74, 6) is 0.233. The molecular formula is C9H8FNO. The first-order valence-electron chi connectivity index (χ1n) is 3.63. The predicted octanol–water partition coefficient (Wildman–Crippen LogP) is 2.46. The summed E-state index contributed by atoms with van der Waals surface area (Å²) in [4.78, 5) is 0. The molecule has 0 aliphatic carbocycles. The summed E-state index contributed by atoms with van der Waals surface area (Å²) in [7, 11) is 0. The fraction of sp³-hybridized carbons (Fsp3) is 0.111. The van der Waals surface area contributed by atoms with E-state index in [9.17, 15) is 4.39 Å². The van der Waals surface area contributed by atoms with Gasteiger partial charge in [-0.3, -0.25) is 0 Å². The highest BCUT2D eigenvalue weighted by atomic mass is 19.1. The summed E-state index contributed by atoms with van der Waals surface area (Å²) < 4.78 is 18.3. The first-order chi connectivity index (χ1) is 5.70. The molecule has 0 amide bonds. The molecule has 0 atom stereocenters. The molecular weight excluding hydrogens is 157 g/mol. The maximum Gasteiger partial charge on any atom is 0.139 e. The van der Waals surface area contributed by atoms with E-state index in [1.165, 1.54) is 6.07 Å². The second-order valence-corrected chi connectivity index (χ2v) is 2.68. The highest BCUT2D eigenvalue weighted by molar-refractivity contribution is 5.91. The van der Waals surface area contributed by atoms with Gasteiger partial charge in [0.1, 0.15) is 17.2 Å². The van der Waals surface area contributed by atoms with Gasteiger partial charge in [0.2, 0.25) is 0 Å². The lowest BCUT2D eigenvalue weighted by Gasteiger charge is -1.90. The zero-order valence-electron chi connectivity index (χ0n) is 6.60. The molecule has 2 aromatic rings. The molecule has 1 aromatic heterocycles. The van der Waals surface area contributed by atoms with Crippen LogP contribution in [0.3, 0.4) is 0 Å². The van der Waals surface area contributed by atoms with Crippen LogP contribution in [0, 0.1) is 12.7 Å². The molecule has 0 aliphatic heterocycles. The molecule has 3 heteroatoms. The molecule has 0 bridgehead atoms. The zero-order valence-corrected chi connectivity index (χ0v) is 6.60. The van der Waals surface area contributed by atoms with Gasteiger partial charge < -0.3 is 10.2 Å². The third kappa shape index (κ3) is 0.794. The minimum atomic E-state index is -0.332. The Balaban J connectivity index is 2.97. The Bertz CT molecular complexity index is 433. The molecule has 0 saturated heterocycles. The van der Waals surface area contributed by atoms with Crippen LogP contribution in [0.5, 0.6) is 0 Å². The molecule has 2 N–H and O–H groups in total. The molecule has 0 spiro atoms. The number of hydrogen-bond donors (Lipinski definition) is 1. The summed E-state index contributed by atoms with van der Waals surface area (Å²) in [6.07, 6.45) is 0. The lowest BCUT2D eigenvalue weighted by Crippen LogP contribution is -1.85. The van der Waals surface area contributed by atoms with E-state index in [0.717, 1.165) is 0 Å². The van der Waals surface area contributed by atoms with Crippen LogP contribution in [0.15, 0.2) is 22.6 Å². The topological polar surface area (TPSA) is 39.2 Å². The van der Waals surface area contributed by atoms with Crippen LogP contribution < -0.4 is 5.73 Å². The summed E-state index contributed by atoms with van der Waals surface area (Å²) in [6.45, 7) is 1.72. The number of nitrogens with two attached hydrogens (primary N) is 1. The number of aryl methyl sites for hydroxylation is 1. The first kappa shape index (κ1) is 7.16. The molecule has 0 aliphatic rings. The Morgan fingerprint density at radius 3 is 2.83 bits per heavy atom. The van der Waals surface area contributed by atoms with Crippen LogP contribution in [-0.2, 0) is 0 Å². The van der Waals surface area contributed by atoms with Gasteiger partial charge in [-0.1, -0.05) is 6.07 Å². The molecule has 0 saturated carbocycles. The highest BCUT2D eigenvalue weighted by Gasteiger charge is 2.10. The molecule has 2 rings (SSSR count). The van der Waals surface area contributed by atoms with E-state index < -0.39 is 0 Å². The maximum atomic E-state index is 13.1. The molecule has 1 heterocycles. The van der Waals surface area contributed by atoms with Crippen LogP contribution in [0.25, 0.3) is 11.0 Å². The van der Waals surface area contributed by atoms with Crippen LogP contribution >= 0.6 is 0 Å². The highest BCUT2D eigenvalue weighted by Crippen LogP contribution is 2.29. The number of benzene rings is 1. The third-order valence-electron chi connectivity index (χ3n) is 1.89. The van der Waals surface area contributed by atoms with E-state index in [1.807, 2.05) is 0 Å². The fourth-order valence-electron chi connectivity index (χ4n) is 1.25.